The van der Waals surface area contributed by atoms with Crippen molar-refractivity contribution in [2.24, 2.45) is 0 Å². The molecule has 4 rings (SSSR count). The van der Waals surface area contributed by atoms with E-state index < -0.39 is 0 Å². The summed E-state index contributed by atoms with van der Waals surface area (Å²) in [6.45, 7) is 4.67. The van der Waals surface area contributed by atoms with E-state index in [2.05, 4.69) is 41.6 Å². The number of ether oxygens (including phenoxy) is 1. The second-order valence-electron chi connectivity index (χ2n) is 9.71. The van der Waals surface area contributed by atoms with Gasteiger partial charge in [-0.05, 0) is 61.3 Å². The third-order valence-corrected chi connectivity index (χ3v) is 7.43. The summed E-state index contributed by atoms with van der Waals surface area (Å²) in [5.74, 6) is 1.23. The maximum atomic E-state index is 12.7. The average molecular weight is 506 g/mol. The summed E-state index contributed by atoms with van der Waals surface area (Å²) in [6.07, 6.45) is 4.69. The van der Waals surface area contributed by atoms with E-state index in [-0.39, 0.29) is 23.9 Å². The minimum atomic E-state index is -0.144. The summed E-state index contributed by atoms with van der Waals surface area (Å²) in [6, 6.07) is 18.4. The Hall–Kier alpha value is -3.19. The zero-order chi connectivity index (χ0) is 25.3. The van der Waals surface area contributed by atoms with Crippen molar-refractivity contribution in [3.05, 3.63) is 81.8 Å². The van der Waals surface area contributed by atoms with Crippen molar-refractivity contribution < 1.29 is 14.3 Å². The van der Waals surface area contributed by atoms with Crippen LogP contribution >= 0.6 is 11.3 Å². The number of aromatic nitrogens is 1. The van der Waals surface area contributed by atoms with Crippen LogP contribution in [0.3, 0.4) is 0 Å². The minimum Gasteiger partial charge on any atom is -0.486 e. The molecule has 1 aromatic heterocycles. The van der Waals surface area contributed by atoms with Crippen molar-refractivity contribution in [2.45, 2.75) is 77.0 Å². The lowest BCUT2D eigenvalue weighted by atomic mass is 9.91. The number of hydrogen-bond donors (Lipinski definition) is 2. The molecular weight excluding hydrogens is 470 g/mol. The molecule has 0 aliphatic heterocycles. The number of aryl methyl sites for hydroxylation is 1. The van der Waals surface area contributed by atoms with E-state index in [9.17, 15) is 9.59 Å². The number of nitrogens with zero attached hydrogens (tertiary/aromatic N) is 1. The quantitative estimate of drug-likeness (QED) is 0.374. The molecule has 1 aliphatic carbocycles. The normalized spacial score (nSPS) is 17.5. The topological polar surface area (TPSA) is 80.3 Å². The van der Waals surface area contributed by atoms with Crippen LogP contribution in [0.4, 0.5) is 0 Å². The van der Waals surface area contributed by atoms with Gasteiger partial charge in [0.05, 0.1) is 0 Å². The zero-order valence-electron chi connectivity index (χ0n) is 21.0. The average Bonchev–Trinajstić information content (AvgIpc) is 3.38. The van der Waals surface area contributed by atoms with Gasteiger partial charge in [-0.25, -0.2) is 4.98 Å². The van der Waals surface area contributed by atoms with E-state index in [0.717, 1.165) is 42.9 Å². The smallest absolute Gasteiger partial charge is 0.270 e. The molecule has 0 unspecified atom stereocenters. The van der Waals surface area contributed by atoms with E-state index in [1.807, 2.05) is 42.5 Å². The molecule has 3 aromatic rings. The predicted molar refractivity (Wildman–Crippen MR) is 143 cm³/mol. The summed E-state index contributed by atoms with van der Waals surface area (Å²) in [7, 11) is 0. The Morgan fingerprint density at radius 1 is 0.972 bits per heavy atom. The van der Waals surface area contributed by atoms with Crippen molar-refractivity contribution in [3.8, 4) is 5.75 Å². The van der Waals surface area contributed by atoms with Gasteiger partial charge in [-0.2, -0.15) is 0 Å². The van der Waals surface area contributed by atoms with Crippen molar-refractivity contribution in [2.75, 3.05) is 0 Å². The number of amides is 2. The second kappa shape index (κ2) is 12.7. The van der Waals surface area contributed by atoms with Crippen molar-refractivity contribution >= 4 is 23.2 Å². The molecule has 0 radical (unpaired) electrons. The molecule has 1 fully saturated rings. The maximum absolute atomic E-state index is 12.7. The molecule has 2 amide bonds. The van der Waals surface area contributed by atoms with Gasteiger partial charge in [0.25, 0.3) is 5.91 Å². The number of nitrogens with one attached hydrogen (secondary N) is 2. The first-order valence-electron chi connectivity index (χ1n) is 12.8. The molecule has 2 aromatic carbocycles. The van der Waals surface area contributed by atoms with Crippen LogP contribution in [0.1, 0.15) is 78.5 Å². The Morgan fingerprint density at radius 2 is 1.64 bits per heavy atom. The van der Waals surface area contributed by atoms with Crippen molar-refractivity contribution in [1.29, 1.82) is 0 Å². The highest BCUT2D eigenvalue weighted by Crippen LogP contribution is 2.22. The first kappa shape index (κ1) is 25.9. The number of hydrogen-bond acceptors (Lipinski definition) is 5. The van der Waals surface area contributed by atoms with Crippen molar-refractivity contribution in [3.63, 3.8) is 0 Å². The van der Waals surface area contributed by atoms with Crippen LogP contribution in [0, 0.1) is 0 Å². The number of carbonyl (C=O) groups is 2. The summed E-state index contributed by atoms with van der Waals surface area (Å²) < 4.78 is 5.84. The molecule has 1 heterocycles. The van der Waals surface area contributed by atoms with Gasteiger partial charge < -0.3 is 15.4 Å². The fraction of sp³-hybridized carbons (Fsp3) is 0.414. The first-order valence-corrected chi connectivity index (χ1v) is 13.7. The molecular formula is C29H35N3O3S. The SMILES string of the molecule is CC(C)c1ccc(OCc2nc(C(=O)NC3CCC(NC(=O)CCc4ccccc4)CC3)cs2)cc1. The molecule has 6 nitrogen and oxygen atoms in total. The zero-order valence-corrected chi connectivity index (χ0v) is 21.9. The van der Waals surface area contributed by atoms with E-state index in [0.29, 0.717) is 24.6 Å². The van der Waals surface area contributed by atoms with E-state index in [1.165, 1.54) is 22.5 Å². The number of benzene rings is 2. The molecule has 0 spiro atoms. The lowest BCUT2D eigenvalue weighted by molar-refractivity contribution is -0.122. The van der Waals surface area contributed by atoms with Gasteiger partial charge in [-0.3, -0.25) is 9.59 Å². The monoisotopic (exact) mass is 505 g/mol. The Labute approximate surface area is 217 Å². The molecule has 1 aliphatic rings. The van der Waals surface area contributed by atoms with Crippen LogP contribution in [-0.4, -0.2) is 28.9 Å². The maximum Gasteiger partial charge on any atom is 0.270 e. The Balaban J connectivity index is 1.16. The number of rotatable bonds is 10. The lowest BCUT2D eigenvalue weighted by Gasteiger charge is -2.29. The standard InChI is InChI=1S/C29H35N3O3S/c1-20(2)22-9-15-25(16-10-22)35-18-28-32-26(19-36-28)29(34)31-24-13-11-23(12-14-24)30-27(33)17-8-21-6-4-3-5-7-21/h3-7,9-10,15-16,19-20,23-24H,8,11-14,17-18H2,1-2H3,(H,30,33)(H,31,34). The minimum absolute atomic E-state index is 0.0967. The van der Waals surface area contributed by atoms with E-state index in [4.69, 9.17) is 4.74 Å². The highest BCUT2D eigenvalue weighted by molar-refractivity contribution is 7.09. The third kappa shape index (κ3) is 7.65. The van der Waals surface area contributed by atoms with Gasteiger partial charge in [-0.1, -0.05) is 56.3 Å². The van der Waals surface area contributed by atoms with Crippen LogP contribution < -0.4 is 15.4 Å². The Morgan fingerprint density at radius 3 is 2.31 bits per heavy atom. The van der Waals surface area contributed by atoms with Gasteiger partial charge >= 0.3 is 0 Å². The van der Waals surface area contributed by atoms with Crippen LogP contribution in [0.5, 0.6) is 5.75 Å². The summed E-state index contributed by atoms with van der Waals surface area (Å²) in [5.41, 5.74) is 2.89. The molecule has 1 saturated carbocycles. The highest BCUT2D eigenvalue weighted by Gasteiger charge is 2.24. The predicted octanol–water partition coefficient (Wildman–Crippen LogP) is 5.64. The van der Waals surface area contributed by atoms with Gasteiger partial charge in [0.1, 0.15) is 23.1 Å². The highest BCUT2D eigenvalue weighted by atomic mass is 32.1. The molecule has 36 heavy (non-hydrogen) atoms. The molecule has 7 heteroatoms. The molecule has 0 saturated heterocycles. The van der Waals surface area contributed by atoms with Gasteiger partial charge in [0.2, 0.25) is 5.91 Å². The summed E-state index contributed by atoms with van der Waals surface area (Å²) in [5, 5.41) is 8.83. The van der Waals surface area contributed by atoms with Crippen LogP contribution in [0.2, 0.25) is 0 Å². The first-order chi connectivity index (χ1) is 17.5. The van der Waals surface area contributed by atoms with Crippen LogP contribution in [-0.2, 0) is 17.8 Å². The number of thiazole rings is 1. The second-order valence-corrected chi connectivity index (χ2v) is 10.7. The molecule has 0 atom stereocenters. The van der Waals surface area contributed by atoms with Gasteiger partial charge in [0, 0.05) is 23.9 Å². The van der Waals surface area contributed by atoms with Gasteiger partial charge in [-0.15, -0.1) is 11.3 Å². The Bertz CT molecular complexity index is 1120. The van der Waals surface area contributed by atoms with E-state index in [1.54, 1.807) is 5.38 Å². The van der Waals surface area contributed by atoms with E-state index >= 15 is 0 Å². The van der Waals surface area contributed by atoms with Crippen LogP contribution in [0.25, 0.3) is 0 Å². The van der Waals surface area contributed by atoms with Gasteiger partial charge in [0.15, 0.2) is 0 Å². The third-order valence-electron chi connectivity index (χ3n) is 6.60. The molecule has 2 N–H and O–H groups in total. The largest absolute Gasteiger partial charge is 0.486 e. The van der Waals surface area contributed by atoms with Crippen molar-refractivity contribution in [1.82, 2.24) is 15.6 Å². The lowest BCUT2D eigenvalue weighted by Crippen LogP contribution is -2.43. The molecule has 190 valence electrons. The summed E-state index contributed by atoms with van der Waals surface area (Å²) in [4.78, 5) is 29.5. The molecule has 0 bridgehead atoms. The fourth-order valence-electron chi connectivity index (χ4n) is 4.42. The fourth-order valence-corrected chi connectivity index (χ4v) is 5.10. The Kier molecular flexibility index (Phi) is 9.11. The number of carbonyl (C=O) groups excluding carboxylic acids is 2. The summed E-state index contributed by atoms with van der Waals surface area (Å²) >= 11 is 1.43. The van der Waals surface area contributed by atoms with Crippen LogP contribution in [0.15, 0.2) is 60.0 Å².